The molecule has 2 atom stereocenters. The molecular formula is C22H28FN9. The van der Waals surface area contributed by atoms with Crippen molar-refractivity contribution in [1.82, 2.24) is 35.1 Å². The molecular weight excluding hydrogens is 409 g/mol. The predicted molar refractivity (Wildman–Crippen MR) is 120 cm³/mol. The summed E-state index contributed by atoms with van der Waals surface area (Å²) in [5, 5.41) is 17.9. The highest BCUT2D eigenvalue weighted by atomic mass is 19.1. The Labute approximate surface area is 186 Å². The molecule has 2 unspecified atom stereocenters. The molecule has 0 radical (unpaired) electrons. The van der Waals surface area contributed by atoms with Gasteiger partial charge >= 0.3 is 0 Å². The van der Waals surface area contributed by atoms with E-state index in [0.29, 0.717) is 29.4 Å². The highest BCUT2D eigenvalue weighted by Gasteiger charge is 2.32. The SMILES string of the molecule is Cc1nnnn1-c1cc(Nc2nccc(NCC3CCCN4CCCCC34)n2)ccc1F. The fraction of sp³-hybridized carbons (Fsp3) is 0.500. The van der Waals surface area contributed by atoms with Gasteiger partial charge in [-0.2, -0.15) is 9.67 Å². The standard InChI is InChI=1S/C22H28FN9/c1-15-28-29-30-32(15)20-13-17(7-8-18(20)23)26-22-24-10-9-21(27-22)25-14-16-5-4-12-31-11-3-2-6-19(16)31/h7-10,13,16,19H,2-6,11-12,14H2,1H3,(H2,24,25,26,27). The van der Waals surface area contributed by atoms with Crippen molar-refractivity contribution in [3.63, 3.8) is 0 Å². The molecule has 168 valence electrons. The van der Waals surface area contributed by atoms with E-state index in [1.54, 1.807) is 25.3 Å². The molecule has 4 heterocycles. The molecule has 0 spiro atoms. The van der Waals surface area contributed by atoms with Crippen molar-refractivity contribution in [1.29, 1.82) is 0 Å². The number of tetrazole rings is 1. The third-order valence-electron chi connectivity index (χ3n) is 6.49. The zero-order valence-corrected chi connectivity index (χ0v) is 18.2. The Bertz CT molecular complexity index is 1070. The molecule has 10 heteroatoms. The summed E-state index contributed by atoms with van der Waals surface area (Å²) < 4.78 is 15.7. The van der Waals surface area contributed by atoms with Crippen molar-refractivity contribution >= 4 is 17.5 Å². The fourth-order valence-electron chi connectivity index (χ4n) is 4.90. The minimum absolute atomic E-state index is 0.265. The minimum Gasteiger partial charge on any atom is -0.370 e. The molecule has 2 aromatic heterocycles. The van der Waals surface area contributed by atoms with Gasteiger partial charge in [0.15, 0.2) is 5.82 Å². The molecule has 0 aliphatic carbocycles. The molecule has 9 nitrogen and oxygen atoms in total. The van der Waals surface area contributed by atoms with Gasteiger partial charge in [-0.05, 0) is 86.3 Å². The van der Waals surface area contributed by atoms with Crippen LogP contribution in [0.4, 0.5) is 21.8 Å². The van der Waals surface area contributed by atoms with Crippen LogP contribution < -0.4 is 10.6 Å². The van der Waals surface area contributed by atoms with Crippen LogP contribution in [0, 0.1) is 18.7 Å². The zero-order chi connectivity index (χ0) is 21.9. The van der Waals surface area contributed by atoms with Gasteiger partial charge in [0.25, 0.3) is 0 Å². The number of hydrogen-bond donors (Lipinski definition) is 2. The quantitative estimate of drug-likeness (QED) is 0.606. The second-order valence-corrected chi connectivity index (χ2v) is 8.58. The van der Waals surface area contributed by atoms with Gasteiger partial charge in [-0.25, -0.2) is 9.37 Å². The highest BCUT2D eigenvalue weighted by molar-refractivity contribution is 5.58. The first kappa shape index (κ1) is 20.7. The summed E-state index contributed by atoms with van der Waals surface area (Å²) in [4.78, 5) is 11.6. The average molecular weight is 438 g/mol. The Morgan fingerprint density at radius 3 is 2.91 bits per heavy atom. The number of anilines is 3. The average Bonchev–Trinajstić information content (AvgIpc) is 3.25. The second kappa shape index (κ2) is 9.15. The maximum absolute atomic E-state index is 14.3. The predicted octanol–water partition coefficient (Wildman–Crippen LogP) is 3.32. The van der Waals surface area contributed by atoms with Crippen LogP contribution in [0.1, 0.15) is 37.9 Å². The summed E-state index contributed by atoms with van der Waals surface area (Å²) >= 11 is 0. The van der Waals surface area contributed by atoms with E-state index in [2.05, 4.69) is 41.0 Å². The number of piperidine rings is 2. The number of aromatic nitrogens is 6. The molecule has 2 fully saturated rings. The van der Waals surface area contributed by atoms with Gasteiger partial charge in [-0.15, -0.1) is 5.10 Å². The first-order valence-corrected chi connectivity index (χ1v) is 11.3. The van der Waals surface area contributed by atoms with Crippen molar-refractivity contribution < 1.29 is 4.39 Å². The van der Waals surface area contributed by atoms with Gasteiger partial charge in [0.2, 0.25) is 5.95 Å². The lowest BCUT2D eigenvalue weighted by molar-refractivity contribution is 0.0649. The van der Waals surface area contributed by atoms with Crippen LogP contribution in [0.3, 0.4) is 0 Å². The van der Waals surface area contributed by atoms with Crippen molar-refractivity contribution in [3.05, 3.63) is 42.1 Å². The van der Waals surface area contributed by atoms with Gasteiger partial charge < -0.3 is 15.5 Å². The number of fused-ring (bicyclic) bond motifs is 1. The largest absolute Gasteiger partial charge is 0.370 e. The topological polar surface area (TPSA) is 96.7 Å². The Morgan fingerprint density at radius 1 is 1.12 bits per heavy atom. The van der Waals surface area contributed by atoms with E-state index in [9.17, 15) is 4.39 Å². The molecule has 32 heavy (non-hydrogen) atoms. The van der Waals surface area contributed by atoms with Crippen molar-refractivity contribution in [2.45, 2.75) is 45.1 Å². The van der Waals surface area contributed by atoms with Gasteiger partial charge in [-0.3, -0.25) is 0 Å². The molecule has 2 aliphatic rings. The summed E-state index contributed by atoms with van der Waals surface area (Å²) in [6.07, 6.45) is 8.23. The van der Waals surface area contributed by atoms with E-state index in [-0.39, 0.29) is 5.69 Å². The number of nitrogens with one attached hydrogen (secondary N) is 2. The number of hydrogen-bond acceptors (Lipinski definition) is 8. The van der Waals surface area contributed by atoms with Crippen molar-refractivity contribution in [2.75, 3.05) is 30.3 Å². The summed E-state index contributed by atoms with van der Waals surface area (Å²) in [6, 6.07) is 7.23. The van der Waals surface area contributed by atoms with Gasteiger partial charge in [0.05, 0.1) is 0 Å². The number of nitrogens with zero attached hydrogens (tertiary/aromatic N) is 7. The molecule has 3 aromatic rings. The van der Waals surface area contributed by atoms with E-state index in [1.807, 2.05) is 6.07 Å². The lowest BCUT2D eigenvalue weighted by atomic mass is 9.83. The number of benzene rings is 1. The molecule has 2 aliphatic heterocycles. The number of halogens is 1. The van der Waals surface area contributed by atoms with Crippen LogP contribution in [-0.4, -0.2) is 60.8 Å². The Balaban J connectivity index is 1.26. The maximum atomic E-state index is 14.3. The third kappa shape index (κ3) is 4.40. The van der Waals surface area contributed by atoms with E-state index in [1.165, 1.54) is 55.9 Å². The molecule has 0 amide bonds. The maximum Gasteiger partial charge on any atom is 0.229 e. The Hall–Kier alpha value is -3.14. The van der Waals surface area contributed by atoms with Gasteiger partial charge in [0.1, 0.15) is 17.3 Å². The molecule has 1 aromatic carbocycles. The monoisotopic (exact) mass is 437 g/mol. The van der Waals surface area contributed by atoms with Crippen LogP contribution in [0.15, 0.2) is 30.5 Å². The first-order chi connectivity index (χ1) is 15.7. The molecule has 2 saturated heterocycles. The smallest absolute Gasteiger partial charge is 0.229 e. The summed E-state index contributed by atoms with van der Waals surface area (Å²) in [7, 11) is 0. The molecule has 2 N–H and O–H groups in total. The van der Waals surface area contributed by atoms with E-state index >= 15 is 0 Å². The van der Waals surface area contributed by atoms with Crippen LogP contribution in [-0.2, 0) is 0 Å². The second-order valence-electron chi connectivity index (χ2n) is 8.58. The van der Waals surface area contributed by atoms with Crippen molar-refractivity contribution in [2.24, 2.45) is 5.92 Å². The first-order valence-electron chi connectivity index (χ1n) is 11.3. The van der Waals surface area contributed by atoms with Crippen LogP contribution in [0.25, 0.3) is 5.69 Å². The Morgan fingerprint density at radius 2 is 2.03 bits per heavy atom. The zero-order valence-electron chi connectivity index (χ0n) is 18.2. The molecule has 0 saturated carbocycles. The normalized spacial score (nSPS) is 21.2. The summed E-state index contributed by atoms with van der Waals surface area (Å²) in [5.41, 5.74) is 0.916. The van der Waals surface area contributed by atoms with Gasteiger partial charge in [-0.1, -0.05) is 6.42 Å². The lowest BCUT2D eigenvalue weighted by Gasteiger charge is -2.44. The fourth-order valence-corrected chi connectivity index (χ4v) is 4.90. The highest BCUT2D eigenvalue weighted by Crippen LogP contribution is 2.31. The van der Waals surface area contributed by atoms with E-state index < -0.39 is 5.82 Å². The van der Waals surface area contributed by atoms with Crippen LogP contribution >= 0.6 is 0 Å². The Kier molecular flexibility index (Phi) is 5.93. The van der Waals surface area contributed by atoms with E-state index in [4.69, 9.17) is 0 Å². The molecule has 0 bridgehead atoms. The van der Waals surface area contributed by atoms with Gasteiger partial charge in [0, 0.05) is 24.5 Å². The van der Waals surface area contributed by atoms with E-state index in [0.717, 1.165) is 12.4 Å². The van der Waals surface area contributed by atoms with Crippen LogP contribution in [0.5, 0.6) is 0 Å². The number of rotatable bonds is 6. The summed E-state index contributed by atoms with van der Waals surface area (Å²) in [6.45, 7) is 5.12. The van der Waals surface area contributed by atoms with Crippen molar-refractivity contribution in [3.8, 4) is 5.69 Å². The summed E-state index contributed by atoms with van der Waals surface area (Å²) in [5.74, 6) is 1.97. The third-order valence-corrected chi connectivity index (χ3v) is 6.49. The lowest BCUT2D eigenvalue weighted by Crippen LogP contribution is -2.49. The number of aryl methyl sites for hydroxylation is 1. The van der Waals surface area contributed by atoms with Crippen LogP contribution in [0.2, 0.25) is 0 Å². The molecule has 5 rings (SSSR count). The minimum atomic E-state index is -0.411.